The second kappa shape index (κ2) is 31.0. The summed E-state index contributed by atoms with van der Waals surface area (Å²) in [6.07, 6.45) is -0.335. The molecule has 49 nitrogen and oxygen atoms in total. The summed E-state index contributed by atoms with van der Waals surface area (Å²) < 4.78 is 112. The van der Waals surface area contributed by atoms with E-state index in [-0.39, 0.29) is 59.9 Å². The van der Waals surface area contributed by atoms with Crippen molar-refractivity contribution in [3.8, 4) is 18.2 Å². The quantitative estimate of drug-likeness (QED) is 0.0381. The minimum atomic E-state index is -6.10. The molecule has 3 aliphatic heterocycles. The number of imidazole rings is 3. The van der Waals surface area contributed by atoms with E-state index in [0.717, 1.165) is 6.33 Å². The molecule has 9 heterocycles. The summed E-state index contributed by atoms with van der Waals surface area (Å²) in [5, 5.41) is 81.9. The van der Waals surface area contributed by atoms with Crippen molar-refractivity contribution in [1.82, 2.24) is 88.2 Å². The molecule has 29 N–H and O–H groups in total. The van der Waals surface area contributed by atoms with E-state index in [1.54, 1.807) is 38.2 Å². The molecule has 9 rings (SSSR count). The van der Waals surface area contributed by atoms with Crippen molar-refractivity contribution in [3.63, 3.8) is 0 Å². The van der Waals surface area contributed by atoms with E-state index in [2.05, 4.69) is 77.6 Å². The highest BCUT2D eigenvalue weighted by Crippen LogP contribution is 2.67. The summed E-state index contributed by atoms with van der Waals surface area (Å²) in [6.45, 7) is 1.84. The van der Waals surface area contributed by atoms with Gasteiger partial charge in [-0.3, -0.25) is 18.2 Å². The van der Waals surface area contributed by atoms with Crippen molar-refractivity contribution in [2.45, 2.75) is 75.7 Å². The number of fused-ring (bicyclic) bond motifs is 3. The maximum absolute atomic E-state index is 12.0. The molecule has 17 atom stereocenters. The number of nitriles is 3. The second-order valence-corrected chi connectivity index (χ2v) is 28.8. The molecule has 55 heteroatoms. The van der Waals surface area contributed by atoms with E-state index in [9.17, 15) is 88.1 Å². The number of anilines is 2. The van der Waals surface area contributed by atoms with Gasteiger partial charge in [0.1, 0.15) is 95.9 Å². The molecule has 528 valence electrons. The maximum Gasteiger partial charge on any atom is 0.490 e. The molecule has 6 aromatic rings. The zero-order valence-corrected chi connectivity index (χ0v) is 56.2. The fourth-order valence-electron chi connectivity index (χ4n) is 9.06. The summed E-state index contributed by atoms with van der Waals surface area (Å²) in [7, 11) is -31.0. The van der Waals surface area contributed by atoms with Crippen LogP contribution in [0.15, 0.2) is 43.8 Å². The standard InChI is InChI=1S/C16H23N6O12P3.C12H17N6O12P3.C12H14N6O3.4H3N/c1-16(8-17)13(23)12(7-31-36(27,28)34-37(29,30)33-35(24,25)26)32-14(16)11-6-18-15-10(4-5-21(2)3)19-9-20-22(11)15;1-12(4-13)8(19)7(3-27-32(23,24)30-33(25,26)29-31(20,21)22)28-9(12)6-2-15-11-10(14)16-5-17-18(6)11;1-12(4-13)8(20)7(3-19)21-9(12)6-2-15-11-10(14)16-5-17-18(6)11;;;;/h4-6,9,12-14,23H,7H2,1-3H3,(H,27,28)(H,29,30)(H2,24,25,26);2,5,7-9,19H,3H2,1H3,(H,23,24)(H,25,26)(H2,14,16,17)(H2,20,21,22);2,5,7-9,19-20H,3H2,1H3,(H2,14,16,17);4*1H3/p+1/b5-4-;;;;;;/t12-,13-,14+,16-;2*7-,8-,9+,12-;;;;/m111..../s1. The number of quaternary nitrogens is 4. The first-order valence-corrected chi connectivity index (χ1v) is 33.8. The topological polar surface area (TPSA) is 839 Å². The van der Waals surface area contributed by atoms with Crippen LogP contribution in [0.25, 0.3) is 23.0 Å². The van der Waals surface area contributed by atoms with Crippen molar-refractivity contribution in [2.24, 2.45) is 16.2 Å². The first-order valence-electron chi connectivity index (χ1n) is 24.9. The predicted octanol–water partition coefficient (Wildman–Crippen LogP) is -1.65. The van der Waals surface area contributed by atoms with Crippen LogP contribution in [-0.2, 0) is 67.9 Å². The van der Waals surface area contributed by atoms with Crippen LogP contribution >= 0.6 is 46.9 Å². The van der Waals surface area contributed by atoms with E-state index in [1.165, 1.54) is 58.6 Å². The molecule has 3 fully saturated rings. The van der Waals surface area contributed by atoms with E-state index in [4.69, 9.17) is 40.4 Å². The number of hydrogen-bond donors (Lipinski definition) is 15. The lowest BCUT2D eigenvalue weighted by atomic mass is 9.80. The molecule has 0 radical (unpaired) electrons. The SMILES string of the molecule is CN(C)/C=C\c1ncnn2c([C@@H]3O[C@H](COP(=O)(O)OP(=O)(O)OP(=O)(O)O)[C@@H](O)[C@@]3(C)C#N)cnc12.C[C@@]1(C#N)[C@H](O)[C@@H](CO)O[C@H]1c1cnc2c(N)ncnn12.C[C@@]1(C#N)[C@H](O)[C@@H](COP(=O)([O-])OP(=O)([O-])OP(=O)([O-])O)O[C@H]1c1cnc2c(N)ncnn12.[NH4+].[NH4+].[NH4+].[NH4+]. The Bertz CT molecular complexity index is 4160. The smallest absolute Gasteiger partial charge is 0.490 e. The molecule has 0 aliphatic carbocycles. The Morgan fingerprint density at radius 3 is 1.35 bits per heavy atom. The van der Waals surface area contributed by atoms with Crippen LogP contribution in [0.4, 0.5) is 11.6 Å². The molecule has 0 amide bonds. The average Bonchev–Trinajstić information content (AvgIpc) is 1.62. The van der Waals surface area contributed by atoms with Gasteiger partial charge < -0.3 is 119 Å². The predicted molar refractivity (Wildman–Crippen MR) is 310 cm³/mol. The molecule has 6 aromatic heterocycles. The highest BCUT2D eigenvalue weighted by molar-refractivity contribution is 7.66. The van der Waals surface area contributed by atoms with Gasteiger partial charge in [0.25, 0.3) is 23.5 Å². The Morgan fingerprint density at radius 1 is 0.579 bits per heavy atom. The fraction of sp³-hybridized carbons (Fsp3) is 0.500. The fourth-order valence-corrected chi connectivity index (χ4v) is 15.0. The Kier molecular flexibility index (Phi) is 27.1. The molecule has 3 aliphatic rings. The number of aliphatic hydroxyl groups is 4. The Hall–Kier alpha value is -6.36. The third-order valence-corrected chi connectivity index (χ3v) is 20.9. The number of phosphoric acid groups is 6. The number of phosphoric ester groups is 2. The molecular formula is C40H67N22O27P6+. The molecule has 0 saturated carbocycles. The van der Waals surface area contributed by atoms with Gasteiger partial charge in [-0.05, 0) is 26.8 Å². The van der Waals surface area contributed by atoms with Crippen molar-refractivity contribution in [1.29, 1.82) is 15.8 Å². The summed E-state index contributed by atoms with van der Waals surface area (Å²) in [6, 6.07) is 5.89. The van der Waals surface area contributed by atoms with E-state index >= 15 is 0 Å². The molecule has 0 bridgehead atoms. The molecule has 5 unspecified atom stereocenters. The summed E-state index contributed by atoms with van der Waals surface area (Å²) in [4.78, 5) is 104. The number of aromatic nitrogens is 12. The van der Waals surface area contributed by atoms with Crippen LogP contribution in [0.1, 0.15) is 61.9 Å². The minimum Gasteiger partial charge on any atom is -0.756 e. The summed E-state index contributed by atoms with van der Waals surface area (Å²) in [5.41, 5.74) is 8.93. The van der Waals surface area contributed by atoms with Crippen molar-refractivity contribution in [3.05, 3.63) is 66.5 Å². The minimum absolute atomic E-state index is 0. The first-order chi connectivity index (χ1) is 42.1. The number of nitrogens with two attached hydrogens (primary N) is 2. The third-order valence-electron chi connectivity index (χ3n) is 13.4. The van der Waals surface area contributed by atoms with Crippen molar-refractivity contribution >= 4 is 81.6 Å². The van der Waals surface area contributed by atoms with Gasteiger partial charge in [0.2, 0.25) is 0 Å². The lowest BCUT2D eigenvalue weighted by Crippen LogP contribution is -2.37. The highest BCUT2D eigenvalue weighted by Gasteiger charge is 2.58. The molecule has 3 saturated heterocycles. The van der Waals surface area contributed by atoms with Gasteiger partial charge in [-0.2, -0.15) is 39.7 Å². The van der Waals surface area contributed by atoms with Gasteiger partial charge >= 0.3 is 23.5 Å². The van der Waals surface area contributed by atoms with Crippen LogP contribution in [0.3, 0.4) is 0 Å². The second-order valence-electron chi connectivity index (χ2n) is 20.0. The van der Waals surface area contributed by atoms with Crippen LogP contribution in [-0.4, -0.2) is 179 Å². The number of nitrogen functional groups attached to an aromatic ring is 2. The van der Waals surface area contributed by atoms with Gasteiger partial charge in [0.15, 0.2) is 28.6 Å². The first kappa shape index (κ1) is 82.9. The Balaban J connectivity index is 0.000000375. The van der Waals surface area contributed by atoms with E-state index in [1.807, 2.05) is 12.1 Å². The Labute approximate surface area is 533 Å². The number of rotatable bonds is 20. The number of hydrogen-bond acceptors (Lipinski definition) is 37. The number of ether oxygens (including phenoxy) is 3. The van der Waals surface area contributed by atoms with Gasteiger partial charge in [0.05, 0.1) is 73.7 Å². The largest absolute Gasteiger partial charge is 0.756 e. The normalized spacial score (nSPS) is 28.7. The van der Waals surface area contributed by atoms with Crippen LogP contribution in [0, 0.1) is 50.2 Å². The van der Waals surface area contributed by atoms with Gasteiger partial charge in [0, 0.05) is 20.3 Å². The molecule has 95 heavy (non-hydrogen) atoms. The molecular weight excluding hydrogens is 1410 g/mol. The summed E-state index contributed by atoms with van der Waals surface area (Å²) >= 11 is 0. The van der Waals surface area contributed by atoms with E-state index < -0.39 is 131 Å². The highest BCUT2D eigenvalue weighted by atomic mass is 31.3. The lowest BCUT2D eigenvalue weighted by molar-refractivity contribution is -0.250. The molecule has 0 spiro atoms. The monoisotopic (exact) mass is 1470 g/mol. The third kappa shape index (κ3) is 18.5. The maximum atomic E-state index is 12.0. The zero-order chi connectivity index (χ0) is 67.8. The average molecular weight is 1470 g/mol. The van der Waals surface area contributed by atoms with Crippen LogP contribution in [0.2, 0.25) is 0 Å². The van der Waals surface area contributed by atoms with Gasteiger partial charge in [-0.15, -0.1) is 0 Å². The van der Waals surface area contributed by atoms with Crippen molar-refractivity contribution < 1.29 is 127 Å². The number of nitrogens with zero attached hydrogens (tertiary/aromatic N) is 16. The Morgan fingerprint density at radius 2 is 0.958 bits per heavy atom. The van der Waals surface area contributed by atoms with Gasteiger partial charge in [-0.1, -0.05) is 0 Å². The summed E-state index contributed by atoms with van der Waals surface area (Å²) in [5.74, 6) is 0.208. The zero-order valence-electron chi connectivity index (χ0n) is 50.8. The lowest BCUT2D eigenvalue weighted by Gasteiger charge is -2.33. The van der Waals surface area contributed by atoms with Gasteiger partial charge in [-0.25, -0.2) is 65.8 Å². The molecule has 0 aromatic carbocycles. The number of aliphatic hydroxyl groups excluding tert-OH is 4. The van der Waals surface area contributed by atoms with Crippen LogP contribution in [0.5, 0.6) is 0 Å². The van der Waals surface area contributed by atoms with Crippen molar-refractivity contribution in [2.75, 3.05) is 45.4 Å². The van der Waals surface area contributed by atoms with Crippen LogP contribution < -0.4 is 50.7 Å². The van der Waals surface area contributed by atoms with E-state index in [0.29, 0.717) is 22.7 Å².